The molecule has 0 aliphatic rings. The Balaban J connectivity index is 1.70. The summed E-state index contributed by atoms with van der Waals surface area (Å²) >= 11 is 11.7. The first-order valence-corrected chi connectivity index (χ1v) is 7.74. The van der Waals surface area contributed by atoms with Crippen molar-refractivity contribution in [1.29, 1.82) is 0 Å². The van der Waals surface area contributed by atoms with Gasteiger partial charge in [-0.15, -0.1) is 0 Å². The lowest BCUT2D eigenvalue weighted by Crippen LogP contribution is -2.12. The van der Waals surface area contributed by atoms with Crippen LogP contribution in [0.3, 0.4) is 0 Å². The number of hydrogen-bond acceptors (Lipinski definition) is 2. The molecule has 0 spiro atoms. The van der Waals surface area contributed by atoms with E-state index in [4.69, 9.17) is 27.9 Å². The number of amides is 1. The molecule has 0 aliphatic carbocycles. The van der Waals surface area contributed by atoms with E-state index in [-0.39, 0.29) is 5.91 Å². The monoisotopic (exact) mass is 337 g/mol. The molecular weight excluding hydrogens is 321 g/mol. The maximum absolute atomic E-state index is 11.8. The predicted octanol–water partition coefficient (Wildman–Crippen LogP) is 5.10. The summed E-state index contributed by atoms with van der Waals surface area (Å²) in [6.07, 6.45) is 1.04. The molecular formula is C17H17Cl2NO2. The minimum Gasteiger partial charge on any atom is -0.494 e. The van der Waals surface area contributed by atoms with Crippen LogP contribution in [0.2, 0.25) is 10.0 Å². The van der Waals surface area contributed by atoms with Crippen LogP contribution in [0, 0.1) is 6.92 Å². The fourth-order valence-electron chi connectivity index (χ4n) is 1.89. The van der Waals surface area contributed by atoms with E-state index in [2.05, 4.69) is 5.32 Å². The first kappa shape index (κ1) is 16.7. The molecule has 0 bridgehead atoms. The second-order valence-corrected chi connectivity index (χ2v) is 5.76. The molecule has 0 radical (unpaired) electrons. The molecule has 0 atom stereocenters. The summed E-state index contributed by atoms with van der Waals surface area (Å²) in [5.41, 5.74) is 1.71. The minimum atomic E-state index is -0.0433. The fourth-order valence-corrected chi connectivity index (χ4v) is 2.13. The summed E-state index contributed by atoms with van der Waals surface area (Å²) in [7, 11) is 0. The SMILES string of the molecule is Cc1cc(OCCCC(=O)Nc2ccc(Cl)cc2)ccc1Cl. The molecule has 0 aromatic heterocycles. The maximum Gasteiger partial charge on any atom is 0.224 e. The van der Waals surface area contributed by atoms with Crippen LogP contribution in [0.1, 0.15) is 18.4 Å². The highest BCUT2D eigenvalue weighted by Crippen LogP contribution is 2.21. The number of ether oxygens (including phenoxy) is 1. The fraction of sp³-hybridized carbons (Fsp3) is 0.235. The van der Waals surface area contributed by atoms with Crippen molar-refractivity contribution in [2.75, 3.05) is 11.9 Å². The van der Waals surface area contributed by atoms with E-state index >= 15 is 0 Å². The average molecular weight is 338 g/mol. The first-order chi connectivity index (χ1) is 10.5. The number of benzene rings is 2. The molecule has 1 N–H and O–H groups in total. The van der Waals surface area contributed by atoms with Crippen molar-refractivity contribution in [3.8, 4) is 5.75 Å². The third-order valence-electron chi connectivity index (χ3n) is 3.07. The Hall–Kier alpha value is -1.71. The molecule has 0 saturated carbocycles. The predicted molar refractivity (Wildman–Crippen MR) is 91.0 cm³/mol. The second kappa shape index (κ2) is 8.06. The maximum atomic E-state index is 11.8. The number of anilines is 1. The van der Waals surface area contributed by atoms with Crippen molar-refractivity contribution in [2.24, 2.45) is 0 Å². The Labute approximate surface area is 140 Å². The average Bonchev–Trinajstić information content (AvgIpc) is 2.49. The van der Waals surface area contributed by atoms with Gasteiger partial charge in [0.1, 0.15) is 5.75 Å². The van der Waals surface area contributed by atoms with Gasteiger partial charge < -0.3 is 10.1 Å². The zero-order valence-electron chi connectivity index (χ0n) is 12.2. The Bertz CT molecular complexity index is 642. The Morgan fingerprint density at radius 2 is 1.86 bits per heavy atom. The van der Waals surface area contributed by atoms with Crippen LogP contribution in [0.25, 0.3) is 0 Å². The van der Waals surface area contributed by atoms with Gasteiger partial charge in [0.15, 0.2) is 0 Å². The van der Waals surface area contributed by atoms with E-state index in [1.165, 1.54) is 0 Å². The minimum absolute atomic E-state index is 0.0433. The number of nitrogens with one attached hydrogen (secondary N) is 1. The van der Waals surface area contributed by atoms with Crippen LogP contribution < -0.4 is 10.1 Å². The van der Waals surface area contributed by atoms with Crippen molar-refractivity contribution in [1.82, 2.24) is 0 Å². The lowest BCUT2D eigenvalue weighted by Gasteiger charge is -2.08. The highest BCUT2D eigenvalue weighted by atomic mass is 35.5. The zero-order valence-corrected chi connectivity index (χ0v) is 13.7. The van der Waals surface area contributed by atoms with Crippen molar-refractivity contribution in [3.63, 3.8) is 0 Å². The van der Waals surface area contributed by atoms with Gasteiger partial charge in [0.05, 0.1) is 6.61 Å². The van der Waals surface area contributed by atoms with E-state index < -0.39 is 0 Å². The molecule has 0 unspecified atom stereocenters. The van der Waals surface area contributed by atoms with E-state index in [1.54, 1.807) is 30.3 Å². The normalized spacial score (nSPS) is 10.3. The Kier molecular flexibility index (Phi) is 6.10. The summed E-state index contributed by atoms with van der Waals surface area (Å²) < 4.78 is 5.60. The molecule has 0 saturated heterocycles. The Morgan fingerprint density at radius 1 is 1.14 bits per heavy atom. The van der Waals surface area contributed by atoms with Gasteiger partial charge in [-0.25, -0.2) is 0 Å². The number of carbonyl (C=O) groups is 1. The van der Waals surface area contributed by atoms with Crippen LogP contribution in [-0.2, 0) is 4.79 Å². The summed E-state index contributed by atoms with van der Waals surface area (Å²) in [4.78, 5) is 11.8. The van der Waals surface area contributed by atoms with Crippen LogP contribution in [0.4, 0.5) is 5.69 Å². The summed E-state index contributed by atoms with van der Waals surface area (Å²) in [6, 6.07) is 12.5. The van der Waals surface area contributed by atoms with Crippen molar-refractivity contribution < 1.29 is 9.53 Å². The molecule has 5 heteroatoms. The van der Waals surface area contributed by atoms with E-state index in [1.807, 2.05) is 19.1 Å². The molecule has 22 heavy (non-hydrogen) atoms. The van der Waals surface area contributed by atoms with E-state index in [9.17, 15) is 4.79 Å². The first-order valence-electron chi connectivity index (χ1n) is 6.99. The van der Waals surface area contributed by atoms with Crippen LogP contribution in [0.5, 0.6) is 5.75 Å². The molecule has 2 aromatic carbocycles. The molecule has 3 nitrogen and oxygen atoms in total. The van der Waals surface area contributed by atoms with Gasteiger partial charge >= 0.3 is 0 Å². The lowest BCUT2D eigenvalue weighted by atomic mass is 10.2. The molecule has 0 heterocycles. The lowest BCUT2D eigenvalue weighted by molar-refractivity contribution is -0.116. The molecule has 0 fully saturated rings. The van der Waals surface area contributed by atoms with Gasteiger partial charge in [-0.05, 0) is 61.4 Å². The van der Waals surface area contributed by atoms with Crippen LogP contribution in [0.15, 0.2) is 42.5 Å². The van der Waals surface area contributed by atoms with Gasteiger partial charge in [0.2, 0.25) is 5.91 Å². The highest BCUT2D eigenvalue weighted by molar-refractivity contribution is 6.31. The number of aryl methyl sites for hydroxylation is 1. The second-order valence-electron chi connectivity index (χ2n) is 4.92. The molecule has 0 aliphatic heterocycles. The number of carbonyl (C=O) groups excluding carboxylic acids is 1. The zero-order chi connectivity index (χ0) is 15.9. The van der Waals surface area contributed by atoms with Gasteiger partial charge in [0.25, 0.3) is 0 Å². The summed E-state index contributed by atoms with van der Waals surface area (Å²) in [6.45, 7) is 2.41. The van der Waals surface area contributed by atoms with Gasteiger partial charge in [-0.2, -0.15) is 0 Å². The van der Waals surface area contributed by atoms with Crippen molar-refractivity contribution >= 4 is 34.8 Å². The summed E-state index contributed by atoms with van der Waals surface area (Å²) in [5, 5.41) is 4.17. The third-order valence-corrected chi connectivity index (χ3v) is 3.75. The van der Waals surface area contributed by atoms with E-state index in [0.717, 1.165) is 22.0 Å². The van der Waals surface area contributed by atoms with Gasteiger partial charge in [-0.1, -0.05) is 23.2 Å². The van der Waals surface area contributed by atoms with Crippen molar-refractivity contribution in [3.05, 3.63) is 58.1 Å². The molecule has 2 rings (SSSR count). The van der Waals surface area contributed by atoms with Crippen LogP contribution in [-0.4, -0.2) is 12.5 Å². The topological polar surface area (TPSA) is 38.3 Å². The Morgan fingerprint density at radius 3 is 2.55 bits per heavy atom. The van der Waals surface area contributed by atoms with Crippen molar-refractivity contribution in [2.45, 2.75) is 19.8 Å². The molecule has 116 valence electrons. The molecule has 1 amide bonds. The standard InChI is InChI=1S/C17H17Cl2NO2/c1-12-11-15(8-9-16(12)19)22-10-2-3-17(21)20-14-6-4-13(18)5-7-14/h4-9,11H,2-3,10H2,1H3,(H,20,21). The molecule has 2 aromatic rings. The van der Waals surface area contributed by atoms with Crippen LogP contribution >= 0.6 is 23.2 Å². The van der Waals surface area contributed by atoms with Gasteiger partial charge in [0, 0.05) is 22.2 Å². The quantitative estimate of drug-likeness (QED) is 0.744. The smallest absolute Gasteiger partial charge is 0.224 e. The third kappa shape index (κ3) is 5.24. The van der Waals surface area contributed by atoms with Gasteiger partial charge in [-0.3, -0.25) is 4.79 Å². The number of hydrogen-bond donors (Lipinski definition) is 1. The summed E-state index contributed by atoms with van der Waals surface area (Å²) in [5.74, 6) is 0.721. The largest absolute Gasteiger partial charge is 0.494 e. The highest BCUT2D eigenvalue weighted by Gasteiger charge is 2.03. The van der Waals surface area contributed by atoms with E-state index in [0.29, 0.717) is 24.5 Å². The number of halogens is 2. The number of rotatable bonds is 6.